The molecule has 0 atom stereocenters. The highest BCUT2D eigenvalue weighted by Gasteiger charge is 2.11. The molecule has 0 saturated heterocycles. The summed E-state index contributed by atoms with van der Waals surface area (Å²) in [5, 5.41) is 7.21. The summed E-state index contributed by atoms with van der Waals surface area (Å²) in [4.78, 5) is 3.95. The van der Waals surface area contributed by atoms with Gasteiger partial charge in [0.2, 0.25) is 0 Å². The van der Waals surface area contributed by atoms with E-state index in [4.69, 9.17) is 10.5 Å². The van der Waals surface area contributed by atoms with Gasteiger partial charge in [-0.15, -0.1) is 0 Å². The number of aromatic nitrogens is 3. The summed E-state index contributed by atoms with van der Waals surface area (Å²) in [6.45, 7) is 0. The molecule has 3 aromatic heterocycles. The van der Waals surface area contributed by atoms with Crippen LogP contribution in [0.4, 0.5) is 26.0 Å². The molecule has 0 aliphatic rings. The molecule has 0 bridgehead atoms. The van der Waals surface area contributed by atoms with Crippen molar-refractivity contribution in [1.29, 1.82) is 0 Å². The molecule has 0 radical (unpaired) electrons. The van der Waals surface area contributed by atoms with Crippen LogP contribution in [-0.4, -0.2) is 14.6 Å². The monoisotopic (exact) mass is 353 g/mol. The van der Waals surface area contributed by atoms with Gasteiger partial charge in [0.1, 0.15) is 17.2 Å². The van der Waals surface area contributed by atoms with Crippen LogP contribution in [0.5, 0.6) is 11.5 Å². The standard InChI is InChI=1S/C18H13F2N5O/c19-11-1-4-18(22-9-11)24-13-8-17(15-5-6-23-25(15)10-13)26-16-3-2-12(21)7-14(16)20/h1-10H,21H2,(H,22,24). The number of nitrogens with one attached hydrogen (secondary N) is 1. The fraction of sp³-hybridized carbons (Fsp3) is 0. The van der Waals surface area contributed by atoms with Crippen molar-refractivity contribution < 1.29 is 13.5 Å². The number of benzene rings is 1. The Bertz CT molecular complexity index is 1080. The minimum atomic E-state index is -0.568. The molecule has 26 heavy (non-hydrogen) atoms. The van der Waals surface area contributed by atoms with E-state index in [2.05, 4.69) is 15.4 Å². The van der Waals surface area contributed by atoms with Crippen LogP contribution in [-0.2, 0) is 0 Å². The number of rotatable bonds is 4. The number of nitrogen functional groups attached to an aromatic ring is 1. The van der Waals surface area contributed by atoms with Crippen molar-refractivity contribution in [2.75, 3.05) is 11.1 Å². The molecule has 0 amide bonds. The van der Waals surface area contributed by atoms with Crippen molar-refractivity contribution in [2.45, 2.75) is 0 Å². The summed E-state index contributed by atoms with van der Waals surface area (Å²) in [5.74, 6) is -0.123. The summed E-state index contributed by atoms with van der Waals surface area (Å²) in [6.07, 6.45) is 4.42. The average molecular weight is 353 g/mol. The number of fused-ring (bicyclic) bond motifs is 1. The molecule has 3 heterocycles. The molecule has 1 aromatic carbocycles. The smallest absolute Gasteiger partial charge is 0.167 e. The zero-order chi connectivity index (χ0) is 18.1. The maximum absolute atomic E-state index is 14.1. The van der Waals surface area contributed by atoms with Gasteiger partial charge in [-0.3, -0.25) is 0 Å². The number of ether oxygens (including phenoxy) is 1. The van der Waals surface area contributed by atoms with Gasteiger partial charge in [0, 0.05) is 17.8 Å². The SMILES string of the molecule is Nc1ccc(Oc2cc(Nc3ccc(F)cn3)cn3nccc23)c(F)c1. The van der Waals surface area contributed by atoms with Gasteiger partial charge in [0.25, 0.3) is 0 Å². The normalized spacial score (nSPS) is 10.8. The second kappa shape index (κ2) is 6.32. The first-order valence-corrected chi connectivity index (χ1v) is 7.67. The second-order valence-corrected chi connectivity index (χ2v) is 5.53. The quantitative estimate of drug-likeness (QED) is 0.540. The third kappa shape index (κ3) is 3.12. The number of halogens is 2. The number of pyridine rings is 2. The summed E-state index contributed by atoms with van der Waals surface area (Å²) in [7, 11) is 0. The molecule has 0 aliphatic heterocycles. The Kier molecular flexibility index (Phi) is 3.85. The van der Waals surface area contributed by atoms with Crippen molar-refractivity contribution in [3.8, 4) is 11.5 Å². The van der Waals surface area contributed by atoms with Gasteiger partial charge in [-0.05, 0) is 30.3 Å². The second-order valence-electron chi connectivity index (χ2n) is 5.53. The molecule has 4 rings (SSSR count). The molecule has 4 aromatic rings. The molecule has 130 valence electrons. The first-order chi connectivity index (χ1) is 12.6. The zero-order valence-corrected chi connectivity index (χ0v) is 13.4. The highest BCUT2D eigenvalue weighted by atomic mass is 19.1. The van der Waals surface area contributed by atoms with Crippen LogP contribution >= 0.6 is 0 Å². The van der Waals surface area contributed by atoms with E-state index < -0.39 is 11.6 Å². The molecular weight excluding hydrogens is 340 g/mol. The predicted octanol–water partition coefficient (Wildman–Crippen LogP) is 4.13. The topological polar surface area (TPSA) is 77.5 Å². The molecule has 0 fully saturated rings. The Hall–Kier alpha value is -3.68. The van der Waals surface area contributed by atoms with Crippen LogP contribution in [0, 0.1) is 11.6 Å². The third-order valence-corrected chi connectivity index (χ3v) is 3.65. The predicted molar refractivity (Wildman–Crippen MR) is 93.6 cm³/mol. The summed E-state index contributed by atoms with van der Waals surface area (Å²) in [5.41, 5.74) is 7.11. The van der Waals surface area contributed by atoms with E-state index in [1.165, 1.54) is 24.3 Å². The number of hydrogen-bond acceptors (Lipinski definition) is 5. The molecule has 0 saturated carbocycles. The zero-order valence-electron chi connectivity index (χ0n) is 13.4. The van der Waals surface area contributed by atoms with E-state index >= 15 is 0 Å². The van der Waals surface area contributed by atoms with Crippen LogP contribution in [0.15, 0.2) is 61.1 Å². The summed E-state index contributed by atoms with van der Waals surface area (Å²) < 4.78 is 34.4. The number of anilines is 3. The first-order valence-electron chi connectivity index (χ1n) is 7.67. The molecular formula is C18H13F2N5O. The van der Waals surface area contributed by atoms with Crippen molar-refractivity contribution in [1.82, 2.24) is 14.6 Å². The van der Waals surface area contributed by atoms with E-state index in [-0.39, 0.29) is 5.75 Å². The molecule has 8 heteroatoms. The highest BCUT2D eigenvalue weighted by Crippen LogP contribution is 2.32. The average Bonchev–Trinajstić information content (AvgIpc) is 3.08. The lowest BCUT2D eigenvalue weighted by Crippen LogP contribution is -1.99. The Balaban J connectivity index is 1.71. The highest BCUT2D eigenvalue weighted by molar-refractivity contribution is 5.68. The molecule has 0 aliphatic carbocycles. The van der Waals surface area contributed by atoms with E-state index in [1.807, 2.05) is 0 Å². The van der Waals surface area contributed by atoms with Crippen LogP contribution in [0.25, 0.3) is 5.52 Å². The lowest BCUT2D eigenvalue weighted by Gasteiger charge is -2.12. The number of nitrogens with two attached hydrogens (primary N) is 1. The Morgan fingerprint density at radius 3 is 2.69 bits per heavy atom. The van der Waals surface area contributed by atoms with Crippen molar-refractivity contribution in [3.63, 3.8) is 0 Å². The minimum Gasteiger partial charge on any atom is -0.452 e. The van der Waals surface area contributed by atoms with Crippen molar-refractivity contribution in [3.05, 3.63) is 72.7 Å². The lowest BCUT2D eigenvalue weighted by molar-refractivity contribution is 0.445. The Labute approximate surface area is 146 Å². The fourth-order valence-electron chi connectivity index (χ4n) is 2.46. The van der Waals surface area contributed by atoms with E-state index in [1.54, 1.807) is 35.1 Å². The largest absolute Gasteiger partial charge is 0.452 e. The van der Waals surface area contributed by atoms with Gasteiger partial charge in [0.15, 0.2) is 17.3 Å². The Morgan fingerprint density at radius 1 is 1.04 bits per heavy atom. The minimum absolute atomic E-state index is 0.0411. The van der Waals surface area contributed by atoms with E-state index in [9.17, 15) is 8.78 Å². The molecule has 0 unspecified atom stereocenters. The fourth-order valence-corrected chi connectivity index (χ4v) is 2.46. The molecule has 3 N–H and O–H groups in total. The molecule has 0 spiro atoms. The number of hydrogen-bond donors (Lipinski definition) is 2. The summed E-state index contributed by atoms with van der Waals surface area (Å²) in [6, 6.07) is 10.4. The van der Waals surface area contributed by atoms with Gasteiger partial charge in [0.05, 0.1) is 24.3 Å². The third-order valence-electron chi connectivity index (χ3n) is 3.65. The van der Waals surface area contributed by atoms with Gasteiger partial charge in [-0.25, -0.2) is 18.3 Å². The van der Waals surface area contributed by atoms with Crippen molar-refractivity contribution in [2.24, 2.45) is 0 Å². The van der Waals surface area contributed by atoms with Crippen LogP contribution in [0.1, 0.15) is 0 Å². The maximum atomic E-state index is 14.1. The Morgan fingerprint density at radius 2 is 1.92 bits per heavy atom. The maximum Gasteiger partial charge on any atom is 0.167 e. The van der Waals surface area contributed by atoms with Gasteiger partial charge >= 0.3 is 0 Å². The molecule has 6 nitrogen and oxygen atoms in total. The summed E-state index contributed by atoms with van der Waals surface area (Å²) >= 11 is 0. The van der Waals surface area contributed by atoms with Gasteiger partial charge < -0.3 is 15.8 Å². The van der Waals surface area contributed by atoms with Gasteiger partial charge in [-0.1, -0.05) is 0 Å². The first kappa shape index (κ1) is 15.8. The van der Waals surface area contributed by atoms with Crippen LogP contribution in [0.2, 0.25) is 0 Å². The lowest BCUT2D eigenvalue weighted by atomic mass is 10.3. The van der Waals surface area contributed by atoms with Crippen LogP contribution in [0.3, 0.4) is 0 Å². The van der Waals surface area contributed by atoms with Gasteiger partial charge in [-0.2, -0.15) is 5.10 Å². The number of nitrogens with zero attached hydrogens (tertiary/aromatic N) is 3. The van der Waals surface area contributed by atoms with E-state index in [0.29, 0.717) is 28.5 Å². The van der Waals surface area contributed by atoms with E-state index in [0.717, 1.165) is 6.20 Å². The van der Waals surface area contributed by atoms with Crippen molar-refractivity contribution >= 4 is 22.7 Å². The van der Waals surface area contributed by atoms with Crippen LogP contribution < -0.4 is 15.8 Å².